The van der Waals surface area contributed by atoms with Crippen molar-refractivity contribution in [2.75, 3.05) is 12.4 Å². The molecule has 0 atom stereocenters. The first kappa shape index (κ1) is 16.1. The van der Waals surface area contributed by atoms with Crippen LogP contribution in [0.25, 0.3) is 11.1 Å². The van der Waals surface area contributed by atoms with Gasteiger partial charge in [0.05, 0.1) is 12.7 Å². The van der Waals surface area contributed by atoms with Crippen LogP contribution in [0.4, 0.5) is 5.69 Å². The summed E-state index contributed by atoms with van der Waals surface area (Å²) in [5.41, 5.74) is 6.67. The van der Waals surface area contributed by atoms with Crippen molar-refractivity contribution in [3.63, 3.8) is 0 Å². The monoisotopic (exact) mass is 343 g/mol. The van der Waals surface area contributed by atoms with Crippen LogP contribution in [0, 0.1) is 0 Å². The van der Waals surface area contributed by atoms with E-state index in [1.54, 1.807) is 24.3 Å². The molecule has 0 unspecified atom stereocenters. The molecule has 0 spiro atoms. The van der Waals surface area contributed by atoms with E-state index in [1.807, 2.05) is 24.3 Å². The molecule has 1 aliphatic rings. The molecule has 0 heterocycles. The molecule has 1 aliphatic carbocycles. The molecule has 0 bridgehead atoms. The van der Waals surface area contributed by atoms with Gasteiger partial charge in [0.25, 0.3) is 5.91 Å². The van der Waals surface area contributed by atoms with Crippen molar-refractivity contribution in [2.45, 2.75) is 6.42 Å². The summed E-state index contributed by atoms with van der Waals surface area (Å²) in [4.78, 5) is 23.9. The number of hydrogen-bond acceptors (Lipinski definition) is 3. The van der Waals surface area contributed by atoms with E-state index in [2.05, 4.69) is 28.3 Å². The maximum atomic E-state index is 12.5. The zero-order chi connectivity index (χ0) is 18.1. The van der Waals surface area contributed by atoms with Gasteiger partial charge in [-0.15, -0.1) is 0 Å². The van der Waals surface area contributed by atoms with Crippen LogP contribution in [0.5, 0.6) is 0 Å². The standard InChI is InChI=1S/C22H17NO3/c1-26-22(25)15-8-6-14(7-9-15)21(24)23-18-10-11-20-17(13-18)12-16-4-2-3-5-19(16)20/h2-11,13H,12H2,1H3,(H,23,24). The summed E-state index contributed by atoms with van der Waals surface area (Å²) in [6.45, 7) is 0. The lowest BCUT2D eigenvalue weighted by Gasteiger charge is -2.08. The zero-order valence-electron chi connectivity index (χ0n) is 14.3. The average molecular weight is 343 g/mol. The molecule has 4 heteroatoms. The van der Waals surface area contributed by atoms with E-state index < -0.39 is 5.97 Å². The first-order valence-electron chi connectivity index (χ1n) is 8.36. The highest BCUT2D eigenvalue weighted by molar-refractivity contribution is 6.05. The van der Waals surface area contributed by atoms with Gasteiger partial charge >= 0.3 is 5.97 Å². The Bertz CT molecular complexity index is 1010. The molecule has 0 saturated heterocycles. The van der Waals surface area contributed by atoms with Gasteiger partial charge in [0.2, 0.25) is 0 Å². The van der Waals surface area contributed by atoms with E-state index in [9.17, 15) is 9.59 Å². The summed E-state index contributed by atoms with van der Waals surface area (Å²) in [6, 6.07) is 20.7. The smallest absolute Gasteiger partial charge is 0.337 e. The Hall–Kier alpha value is -3.40. The molecule has 0 radical (unpaired) electrons. The summed E-state index contributed by atoms with van der Waals surface area (Å²) in [5, 5.41) is 2.92. The van der Waals surface area contributed by atoms with E-state index in [0.29, 0.717) is 11.1 Å². The first-order chi connectivity index (χ1) is 12.7. The largest absolute Gasteiger partial charge is 0.465 e. The Morgan fingerprint density at radius 3 is 2.31 bits per heavy atom. The van der Waals surface area contributed by atoms with E-state index in [1.165, 1.54) is 29.4 Å². The van der Waals surface area contributed by atoms with Crippen LogP contribution in [-0.2, 0) is 11.2 Å². The number of anilines is 1. The number of ether oxygens (including phenoxy) is 1. The maximum Gasteiger partial charge on any atom is 0.337 e. The van der Waals surface area contributed by atoms with Gasteiger partial charge in [0, 0.05) is 11.3 Å². The number of nitrogens with one attached hydrogen (secondary N) is 1. The minimum atomic E-state index is -0.421. The normalized spacial score (nSPS) is 11.4. The average Bonchev–Trinajstić information content (AvgIpc) is 3.05. The van der Waals surface area contributed by atoms with E-state index >= 15 is 0 Å². The number of fused-ring (bicyclic) bond motifs is 3. The van der Waals surface area contributed by atoms with Gasteiger partial charge in [-0.1, -0.05) is 30.3 Å². The van der Waals surface area contributed by atoms with Gasteiger partial charge in [-0.3, -0.25) is 4.79 Å². The second-order valence-corrected chi connectivity index (χ2v) is 6.23. The van der Waals surface area contributed by atoms with Crippen LogP contribution in [0.1, 0.15) is 31.8 Å². The van der Waals surface area contributed by atoms with Gasteiger partial charge in [0.15, 0.2) is 0 Å². The summed E-state index contributed by atoms with van der Waals surface area (Å²) in [7, 11) is 1.33. The summed E-state index contributed by atoms with van der Waals surface area (Å²) in [6.07, 6.45) is 0.878. The maximum absolute atomic E-state index is 12.5. The summed E-state index contributed by atoms with van der Waals surface area (Å²) in [5.74, 6) is -0.632. The molecule has 26 heavy (non-hydrogen) atoms. The number of benzene rings is 3. The molecule has 0 saturated carbocycles. The fourth-order valence-corrected chi connectivity index (χ4v) is 3.30. The molecular weight excluding hydrogens is 326 g/mol. The van der Waals surface area contributed by atoms with Crippen LogP contribution >= 0.6 is 0 Å². The van der Waals surface area contributed by atoms with Crippen LogP contribution in [0.2, 0.25) is 0 Å². The van der Waals surface area contributed by atoms with Crippen molar-refractivity contribution < 1.29 is 14.3 Å². The van der Waals surface area contributed by atoms with Crippen LogP contribution < -0.4 is 5.32 Å². The second-order valence-electron chi connectivity index (χ2n) is 6.23. The fraction of sp³-hybridized carbons (Fsp3) is 0.0909. The Labute approximate surface area is 151 Å². The molecule has 4 rings (SSSR count). The molecule has 1 amide bonds. The van der Waals surface area contributed by atoms with Crippen LogP contribution in [0.3, 0.4) is 0 Å². The molecule has 0 aliphatic heterocycles. The Balaban J connectivity index is 1.52. The Kier molecular flexibility index (Phi) is 4.01. The van der Waals surface area contributed by atoms with Crippen molar-refractivity contribution in [3.8, 4) is 11.1 Å². The highest BCUT2D eigenvalue weighted by Gasteiger charge is 2.18. The summed E-state index contributed by atoms with van der Waals surface area (Å²) < 4.78 is 4.66. The lowest BCUT2D eigenvalue weighted by molar-refractivity contribution is 0.0600. The molecule has 3 aromatic carbocycles. The molecule has 0 fully saturated rings. The minimum Gasteiger partial charge on any atom is -0.465 e. The second kappa shape index (κ2) is 6.48. The molecule has 1 N–H and O–H groups in total. The zero-order valence-corrected chi connectivity index (χ0v) is 14.3. The van der Waals surface area contributed by atoms with E-state index in [-0.39, 0.29) is 5.91 Å². The highest BCUT2D eigenvalue weighted by atomic mass is 16.5. The van der Waals surface area contributed by atoms with Crippen molar-refractivity contribution in [3.05, 3.63) is 89.0 Å². The Morgan fingerprint density at radius 1 is 0.846 bits per heavy atom. The predicted molar refractivity (Wildman–Crippen MR) is 100 cm³/mol. The van der Waals surface area contributed by atoms with Crippen LogP contribution in [-0.4, -0.2) is 19.0 Å². The third-order valence-corrected chi connectivity index (χ3v) is 4.62. The van der Waals surface area contributed by atoms with Crippen molar-refractivity contribution >= 4 is 17.6 Å². The molecule has 3 aromatic rings. The molecular formula is C22H17NO3. The summed E-state index contributed by atoms with van der Waals surface area (Å²) >= 11 is 0. The lowest BCUT2D eigenvalue weighted by Crippen LogP contribution is -2.12. The van der Waals surface area contributed by atoms with Crippen molar-refractivity contribution in [2.24, 2.45) is 0 Å². The van der Waals surface area contributed by atoms with Crippen molar-refractivity contribution in [1.82, 2.24) is 0 Å². The van der Waals surface area contributed by atoms with Crippen LogP contribution in [0.15, 0.2) is 66.7 Å². The molecule has 4 nitrogen and oxygen atoms in total. The van der Waals surface area contributed by atoms with Gasteiger partial charge < -0.3 is 10.1 Å². The first-order valence-corrected chi connectivity index (χ1v) is 8.36. The topological polar surface area (TPSA) is 55.4 Å². The van der Waals surface area contributed by atoms with Gasteiger partial charge in [-0.05, 0) is 65.1 Å². The number of hydrogen-bond donors (Lipinski definition) is 1. The van der Waals surface area contributed by atoms with E-state index in [4.69, 9.17) is 0 Å². The number of rotatable bonds is 3. The van der Waals surface area contributed by atoms with Crippen molar-refractivity contribution in [1.29, 1.82) is 0 Å². The minimum absolute atomic E-state index is 0.211. The molecule has 128 valence electrons. The van der Waals surface area contributed by atoms with Gasteiger partial charge in [0.1, 0.15) is 0 Å². The van der Waals surface area contributed by atoms with E-state index in [0.717, 1.165) is 12.1 Å². The third kappa shape index (κ3) is 2.86. The van der Waals surface area contributed by atoms with Gasteiger partial charge in [-0.2, -0.15) is 0 Å². The highest BCUT2D eigenvalue weighted by Crippen LogP contribution is 2.37. The number of methoxy groups -OCH3 is 1. The third-order valence-electron chi connectivity index (χ3n) is 4.62. The number of carbonyl (C=O) groups excluding carboxylic acids is 2. The predicted octanol–water partition coefficient (Wildman–Crippen LogP) is 4.30. The number of amides is 1. The molecule has 0 aromatic heterocycles. The van der Waals surface area contributed by atoms with Gasteiger partial charge in [-0.25, -0.2) is 4.79 Å². The SMILES string of the molecule is COC(=O)c1ccc(C(=O)Nc2ccc3c(c2)Cc2ccccc2-3)cc1. The number of esters is 1. The number of carbonyl (C=O) groups is 2. The lowest BCUT2D eigenvalue weighted by atomic mass is 10.1. The Morgan fingerprint density at radius 2 is 1.54 bits per heavy atom. The fourth-order valence-electron chi connectivity index (χ4n) is 3.30. The quantitative estimate of drug-likeness (QED) is 0.564.